The van der Waals surface area contributed by atoms with E-state index in [4.69, 9.17) is 5.26 Å². The number of aromatic nitrogens is 2. The van der Waals surface area contributed by atoms with Crippen LogP contribution in [0.4, 0.5) is 5.95 Å². The summed E-state index contributed by atoms with van der Waals surface area (Å²) in [4.78, 5) is 8.22. The summed E-state index contributed by atoms with van der Waals surface area (Å²) in [5, 5.41) is 21.7. The van der Waals surface area contributed by atoms with E-state index < -0.39 is 0 Å². The fourth-order valence-electron chi connectivity index (χ4n) is 2.68. The highest BCUT2D eigenvalue weighted by Crippen LogP contribution is 2.34. The lowest BCUT2D eigenvalue weighted by Gasteiger charge is -2.39. The van der Waals surface area contributed by atoms with Crippen molar-refractivity contribution in [3.63, 3.8) is 0 Å². The molecule has 0 aromatic carbocycles. The lowest BCUT2D eigenvalue weighted by Crippen LogP contribution is -2.46. The molecule has 1 aromatic heterocycles. The monoisotopic (exact) mass is 246 g/mol. The van der Waals surface area contributed by atoms with Gasteiger partial charge >= 0.3 is 0 Å². The molecule has 5 heteroatoms. The second-order valence-corrected chi connectivity index (χ2v) is 5.14. The van der Waals surface area contributed by atoms with Crippen molar-refractivity contribution in [1.82, 2.24) is 9.97 Å². The topological polar surface area (TPSA) is 81.8 Å². The smallest absolute Gasteiger partial charge is 0.224 e. The van der Waals surface area contributed by atoms with Crippen LogP contribution >= 0.6 is 0 Å². The van der Waals surface area contributed by atoms with Gasteiger partial charge in [-0.2, -0.15) is 5.26 Å². The van der Waals surface area contributed by atoms with E-state index in [0.29, 0.717) is 17.6 Å². The Morgan fingerprint density at radius 3 is 3.17 bits per heavy atom. The highest BCUT2D eigenvalue weighted by Gasteiger charge is 2.34. The van der Waals surface area contributed by atoms with Crippen LogP contribution in [-0.2, 0) is 0 Å². The van der Waals surface area contributed by atoms with Crippen molar-refractivity contribution in [3.05, 3.63) is 18.0 Å². The van der Waals surface area contributed by atoms with Gasteiger partial charge in [-0.05, 0) is 24.8 Å². The molecule has 0 spiro atoms. The Bertz CT molecular complexity index is 457. The van der Waals surface area contributed by atoms with Crippen molar-refractivity contribution in [1.29, 1.82) is 5.26 Å². The number of nitrogens with one attached hydrogen (secondary N) is 1. The van der Waals surface area contributed by atoms with Crippen molar-refractivity contribution < 1.29 is 5.11 Å². The molecule has 0 amide bonds. The van der Waals surface area contributed by atoms with E-state index in [1.807, 2.05) is 6.07 Å². The third kappa shape index (κ3) is 2.77. The van der Waals surface area contributed by atoms with Gasteiger partial charge in [0.15, 0.2) is 0 Å². The number of nitrogens with zero attached hydrogens (tertiary/aromatic N) is 3. The Morgan fingerprint density at radius 1 is 1.67 bits per heavy atom. The van der Waals surface area contributed by atoms with Gasteiger partial charge in [0, 0.05) is 6.20 Å². The van der Waals surface area contributed by atoms with Gasteiger partial charge in [-0.25, -0.2) is 9.97 Å². The largest absolute Gasteiger partial charge is 0.394 e. The van der Waals surface area contributed by atoms with E-state index in [2.05, 4.69) is 22.2 Å². The highest BCUT2D eigenvalue weighted by molar-refractivity contribution is 5.33. The van der Waals surface area contributed by atoms with Gasteiger partial charge in [0.2, 0.25) is 5.95 Å². The first-order valence-corrected chi connectivity index (χ1v) is 6.30. The third-order valence-electron chi connectivity index (χ3n) is 3.54. The molecule has 1 fully saturated rings. The predicted molar refractivity (Wildman–Crippen MR) is 67.8 cm³/mol. The van der Waals surface area contributed by atoms with E-state index in [0.717, 1.165) is 19.3 Å². The van der Waals surface area contributed by atoms with Crippen LogP contribution in [-0.4, -0.2) is 27.2 Å². The van der Waals surface area contributed by atoms with Crippen LogP contribution in [0.1, 0.15) is 38.3 Å². The maximum Gasteiger partial charge on any atom is 0.224 e. The minimum atomic E-state index is -0.342. The summed E-state index contributed by atoms with van der Waals surface area (Å²) >= 11 is 0. The van der Waals surface area contributed by atoms with Gasteiger partial charge in [0.05, 0.1) is 12.1 Å². The second-order valence-electron chi connectivity index (χ2n) is 5.14. The van der Waals surface area contributed by atoms with Crippen molar-refractivity contribution in [3.8, 4) is 6.07 Å². The highest BCUT2D eigenvalue weighted by atomic mass is 16.3. The molecular formula is C13H18N4O. The summed E-state index contributed by atoms with van der Waals surface area (Å²) in [7, 11) is 0. The summed E-state index contributed by atoms with van der Waals surface area (Å²) in [5.74, 6) is 1.01. The van der Waals surface area contributed by atoms with E-state index in [-0.39, 0.29) is 12.1 Å². The molecule has 1 aliphatic carbocycles. The van der Waals surface area contributed by atoms with Gasteiger partial charge < -0.3 is 10.4 Å². The quantitative estimate of drug-likeness (QED) is 0.848. The third-order valence-corrected chi connectivity index (χ3v) is 3.54. The molecule has 1 aromatic rings. The fraction of sp³-hybridized carbons (Fsp3) is 0.615. The minimum Gasteiger partial charge on any atom is -0.394 e. The average molecular weight is 246 g/mol. The predicted octanol–water partition coefficient (Wildman–Crippen LogP) is 1.70. The number of hydrogen-bond donors (Lipinski definition) is 2. The van der Waals surface area contributed by atoms with Crippen molar-refractivity contribution in [2.24, 2.45) is 5.92 Å². The first-order valence-electron chi connectivity index (χ1n) is 6.30. The molecule has 1 heterocycles. The van der Waals surface area contributed by atoms with Gasteiger partial charge in [0.25, 0.3) is 0 Å². The summed E-state index contributed by atoms with van der Waals surface area (Å²) in [5.41, 5.74) is -0.00407. The number of anilines is 1. The first kappa shape index (κ1) is 12.8. The Morgan fingerprint density at radius 2 is 2.50 bits per heavy atom. The maximum atomic E-state index is 9.66. The van der Waals surface area contributed by atoms with Crippen LogP contribution in [0.5, 0.6) is 0 Å². The van der Waals surface area contributed by atoms with Crippen LogP contribution in [0.3, 0.4) is 0 Å². The van der Waals surface area contributed by atoms with Gasteiger partial charge in [-0.1, -0.05) is 19.8 Å². The van der Waals surface area contributed by atoms with E-state index in [1.54, 1.807) is 12.3 Å². The van der Waals surface area contributed by atoms with Gasteiger partial charge in [-0.3, -0.25) is 0 Å². The van der Waals surface area contributed by atoms with Crippen molar-refractivity contribution >= 4 is 5.95 Å². The Kier molecular flexibility index (Phi) is 3.78. The lowest BCUT2D eigenvalue weighted by molar-refractivity contribution is 0.149. The number of rotatable bonds is 3. The number of aliphatic hydroxyl groups is 1. The molecule has 2 rings (SSSR count). The minimum absolute atomic E-state index is 0.0669. The standard InChI is InChI=1S/C13H18N4O/c1-10-3-2-5-13(7-10,9-18)17-12-15-6-4-11(8-14)16-12/h4,6,10,18H,2-3,5,7,9H2,1H3,(H,15,16,17). The van der Waals surface area contributed by atoms with Crippen LogP contribution in [0, 0.1) is 17.2 Å². The van der Waals surface area contributed by atoms with Gasteiger partial charge in [0.1, 0.15) is 11.8 Å². The molecule has 0 saturated heterocycles. The molecule has 18 heavy (non-hydrogen) atoms. The van der Waals surface area contributed by atoms with Crippen molar-refractivity contribution in [2.45, 2.75) is 38.1 Å². The Hall–Kier alpha value is -1.67. The van der Waals surface area contributed by atoms with E-state index in [1.165, 1.54) is 6.42 Å². The zero-order valence-corrected chi connectivity index (χ0v) is 10.6. The van der Waals surface area contributed by atoms with Crippen LogP contribution in [0.25, 0.3) is 0 Å². The molecule has 0 radical (unpaired) electrons. The normalized spacial score (nSPS) is 27.5. The number of nitriles is 1. The van der Waals surface area contributed by atoms with Crippen LogP contribution < -0.4 is 5.32 Å². The first-order chi connectivity index (χ1) is 8.67. The zero-order chi connectivity index (χ0) is 13.0. The molecule has 0 aliphatic heterocycles. The molecular weight excluding hydrogens is 228 g/mol. The summed E-state index contributed by atoms with van der Waals surface area (Å²) in [6, 6.07) is 3.56. The van der Waals surface area contributed by atoms with Crippen molar-refractivity contribution in [2.75, 3.05) is 11.9 Å². The van der Waals surface area contributed by atoms with E-state index >= 15 is 0 Å². The number of aliphatic hydroxyl groups excluding tert-OH is 1. The van der Waals surface area contributed by atoms with Gasteiger partial charge in [-0.15, -0.1) is 0 Å². The van der Waals surface area contributed by atoms with Crippen LogP contribution in [0.15, 0.2) is 12.3 Å². The summed E-state index contributed by atoms with van der Waals surface area (Å²) in [6.45, 7) is 2.26. The summed E-state index contributed by atoms with van der Waals surface area (Å²) in [6.07, 6.45) is 5.66. The average Bonchev–Trinajstić information content (AvgIpc) is 2.39. The van der Waals surface area contributed by atoms with Crippen LogP contribution in [0.2, 0.25) is 0 Å². The Labute approximate surface area is 107 Å². The fourth-order valence-corrected chi connectivity index (χ4v) is 2.68. The summed E-state index contributed by atoms with van der Waals surface area (Å²) < 4.78 is 0. The lowest BCUT2D eigenvalue weighted by atomic mass is 9.77. The molecule has 2 unspecified atom stereocenters. The second kappa shape index (κ2) is 5.32. The maximum absolute atomic E-state index is 9.66. The molecule has 5 nitrogen and oxygen atoms in total. The molecule has 2 atom stereocenters. The zero-order valence-electron chi connectivity index (χ0n) is 10.6. The molecule has 0 bridgehead atoms. The SMILES string of the molecule is CC1CCCC(CO)(Nc2nccc(C#N)n2)C1. The van der Waals surface area contributed by atoms with E-state index in [9.17, 15) is 5.11 Å². The number of hydrogen-bond acceptors (Lipinski definition) is 5. The molecule has 1 saturated carbocycles. The molecule has 1 aliphatic rings. The molecule has 96 valence electrons. The Balaban J connectivity index is 2.16. The molecule has 2 N–H and O–H groups in total.